The fraction of sp³-hybridized carbons (Fsp3) is 0.364. The zero-order chi connectivity index (χ0) is 18.8. The highest BCUT2D eigenvalue weighted by atomic mass is 19.1. The van der Waals surface area contributed by atoms with E-state index in [2.05, 4.69) is 46.0 Å². The summed E-state index contributed by atoms with van der Waals surface area (Å²) in [5.74, 6) is -0.965. The summed E-state index contributed by atoms with van der Waals surface area (Å²) in [6, 6.07) is 6.20. The van der Waals surface area contributed by atoms with E-state index in [-0.39, 0.29) is 23.3 Å². The van der Waals surface area contributed by atoms with Crippen molar-refractivity contribution in [1.82, 2.24) is 0 Å². The molecular formula is C22H23F2NO. The molecule has 0 bridgehead atoms. The minimum Gasteiger partial charge on any atom is -0.482 e. The van der Waals surface area contributed by atoms with Gasteiger partial charge in [0, 0.05) is 28.4 Å². The summed E-state index contributed by atoms with van der Waals surface area (Å²) in [7, 11) is 0. The van der Waals surface area contributed by atoms with Crippen molar-refractivity contribution < 1.29 is 13.5 Å². The summed E-state index contributed by atoms with van der Waals surface area (Å²) in [6.07, 6.45) is 1.90. The fourth-order valence-corrected chi connectivity index (χ4v) is 4.21. The van der Waals surface area contributed by atoms with E-state index in [1.165, 1.54) is 6.07 Å². The van der Waals surface area contributed by atoms with E-state index in [0.29, 0.717) is 5.56 Å². The van der Waals surface area contributed by atoms with Gasteiger partial charge in [0.15, 0.2) is 11.6 Å². The highest BCUT2D eigenvalue weighted by molar-refractivity contribution is 5.89. The van der Waals surface area contributed by atoms with Crippen molar-refractivity contribution in [3.63, 3.8) is 0 Å². The maximum Gasteiger partial charge on any atom is 0.168 e. The molecule has 0 radical (unpaired) electrons. The number of allylic oxidation sites excluding steroid dienone is 1. The van der Waals surface area contributed by atoms with Gasteiger partial charge in [-0.1, -0.05) is 26.0 Å². The van der Waals surface area contributed by atoms with E-state index in [1.807, 2.05) is 12.1 Å². The van der Waals surface area contributed by atoms with Crippen molar-refractivity contribution in [3.8, 4) is 16.9 Å². The molecule has 2 aliphatic heterocycles. The first-order valence-electron chi connectivity index (χ1n) is 8.99. The lowest BCUT2D eigenvalue weighted by Crippen LogP contribution is -2.33. The lowest BCUT2D eigenvalue weighted by molar-refractivity contribution is 0.143. The molecule has 0 fully saturated rings. The maximum absolute atomic E-state index is 14.4. The van der Waals surface area contributed by atoms with Gasteiger partial charge >= 0.3 is 0 Å². The molecule has 4 rings (SSSR count). The van der Waals surface area contributed by atoms with Crippen molar-refractivity contribution in [3.05, 3.63) is 53.1 Å². The van der Waals surface area contributed by atoms with E-state index in [1.54, 1.807) is 0 Å². The van der Waals surface area contributed by atoms with Crippen LogP contribution in [0.1, 0.15) is 51.8 Å². The number of nitrogens with one attached hydrogen (secondary N) is 1. The molecule has 2 aromatic rings. The van der Waals surface area contributed by atoms with Gasteiger partial charge < -0.3 is 10.1 Å². The normalized spacial score (nSPS) is 19.7. The van der Waals surface area contributed by atoms with Crippen molar-refractivity contribution >= 4 is 11.3 Å². The first-order chi connectivity index (χ1) is 12.2. The Hall–Kier alpha value is -2.36. The molecule has 0 saturated carbocycles. The molecule has 4 heteroatoms. The van der Waals surface area contributed by atoms with Crippen LogP contribution in [0.4, 0.5) is 14.5 Å². The Morgan fingerprint density at radius 1 is 1.12 bits per heavy atom. The molecule has 2 aliphatic rings. The minimum atomic E-state index is -0.652. The van der Waals surface area contributed by atoms with Gasteiger partial charge in [-0.25, -0.2) is 8.78 Å². The molecule has 0 saturated heterocycles. The monoisotopic (exact) mass is 355 g/mol. The summed E-state index contributed by atoms with van der Waals surface area (Å²) in [4.78, 5) is 0. The third-order valence-electron chi connectivity index (χ3n) is 5.11. The first kappa shape index (κ1) is 17.1. The van der Waals surface area contributed by atoms with Crippen molar-refractivity contribution in [2.24, 2.45) is 5.92 Å². The van der Waals surface area contributed by atoms with E-state index < -0.39 is 11.6 Å². The summed E-state index contributed by atoms with van der Waals surface area (Å²) in [6.45, 7) is 10.4. The van der Waals surface area contributed by atoms with Gasteiger partial charge in [0.2, 0.25) is 0 Å². The molecule has 1 N–H and O–H groups in total. The molecule has 0 aromatic heterocycles. The Bertz CT molecular complexity index is 944. The Morgan fingerprint density at radius 3 is 2.54 bits per heavy atom. The molecule has 2 heterocycles. The molecule has 1 atom stereocenters. The average Bonchev–Trinajstić information content (AvgIpc) is 2.51. The van der Waals surface area contributed by atoms with Crippen molar-refractivity contribution in [2.45, 2.75) is 46.3 Å². The van der Waals surface area contributed by atoms with E-state index in [0.717, 1.165) is 34.0 Å². The van der Waals surface area contributed by atoms with Crippen LogP contribution in [0, 0.1) is 17.6 Å². The zero-order valence-corrected chi connectivity index (χ0v) is 15.7. The molecule has 0 amide bonds. The van der Waals surface area contributed by atoms with Crippen LogP contribution < -0.4 is 10.1 Å². The molecule has 2 aromatic carbocycles. The lowest BCUT2D eigenvalue weighted by Gasteiger charge is -2.38. The third-order valence-corrected chi connectivity index (χ3v) is 5.11. The van der Waals surface area contributed by atoms with Crippen LogP contribution in [0.2, 0.25) is 0 Å². The van der Waals surface area contributed by atoms with Crippen molar-refractivity contribution in [2.75, 3.05) is 5.32 Å². The Morgan fingerprint density at radius 2 is 1.85 bits per heavy atom. The number of rotatable bonds is 1. The smallest absolute Gasteiger partial charge is 0.168 e. The van der Waals surface area contributed by atoms with E-state index >= 15 is 0 Å². The van der Waals surface area contributed by atoms with Crippen LogP contribution in [-0.4, -0.2) is 5.54 Å². The topological polar surface area (TPSA) is 21.3 Å². The van der Waals surface area contributed by atoms with E-state index in [4.69, 9.17) is 4.74 Å². The number of benzene rings is 2. The molecular weight excluding hydrogens is 332 g/mol. The number of fused-ring (bicyclic) bond motifs is 5. The summed E-state index contributed by atoms with van der Waals surface area (Å²) in [5, 5.41) is 3.54. The average molecular weight is 355 g/mol. The maximum atomic E-state index is 14.4. The van der Waals surface area contributed by atoms with Gasteiger partial charge in [0.25, 0.3) is 0 Å². The molecule has 26 heavy (non-hydrogen) atoms. The second-order valence-electron chi connectivity index (χ2n) is 8.17. The first-order valence-corrected chi connectivity index (χ1v) is 8.99. The van der Waals surface area contributed by atoms with Gasteiger partial charge in [-0.2, -0.15) is 0 Å². The number of halogens is 2. The fourth-order valence-electron chi connectivity index (χ4n) is 4.21. The molecule has 0 aliphatic carbocycles. The zero-order valence-electron chi connectivity index (χ0n) is 15.7. The van der Waals surface area contributed by atoms with Gasteiger partial charge in [0.05, 0.1) is 5.54 Å². The highest BCUT2D eigenvalue weighted by Crippen LogP contribution is 2.51. The van der Waals surface area contributed by atoms with Gasteiger partial charge in [-0.3, -0.25) is 0 Å². The van der Waals surface area contributed by atoms with E-state index in [9.17, 15) is 8.78 Å². The quantitative estimate of drug-likeness (QED) is 0.645. The molecule has 1 unspecified atom stereocenters. The van der Waals surface area contributed by atoms with Crippen LogP contribution in [-0.2, 0) is 0 Å². The number of hydrogen-bond donors (Lipinski definition) is 1. The predicted molar refractivity (Wildman–Crippen MR) is 101 cm³/mol. The van der Waals surface area contributed by atoms with Crippen LogP contribution in [0.25, 0.3) is 16.7 Å². The van der Waals surface area contributed by atoms with Gasteiger partial charge in [-0.05, 0) is 50.0 Å². The molecule has 0 spiro atoms. The second kappa shape index (κ2) is 5.57. The second-order valence-corrected chi connectivity index (χ2v) is 8.17. The number of hydrogen-bond acceptors (Lipinski definition) is 2. The summed E-state index contributed by atoms with van der Waals surface area (Å²) >= 11 is 0. The predicted octanol–water partition coefficient (Wildman–Crippen LogP) is 6.33. The molecule has 2 nitrogen and oxygen atoms in total. The van der Waals surface area contributed by atoms with Crippen LogP contribution >= 0.6 is 0 Å². The van der Waals surface area contributed by atoms with Gasteiger partial charge in [0.1, 0.15) is 11.9 Å². The largest absolute Gasteiger partial charge is 0.482 e. The Kier molecular flexibility index (Phi) is 3.66. The third kappa shape index (κ3) is 2.51. The SMILES string of the molecule is CC1=CC(C)(C)Nc2ccc3c(c21)C(C(C)C)Oc1c(F)cc(F)cc1-3. The van der Waals surface area contributed by atoms with Crippen LogP contribution in [0.5, 0.6) is 5.75 Å². The molecule has 136 valence electrons. The van der Waals surface area contributed by atoms with Crippen molar-refractivity contribution in [1.29, 1.82) is 0 Å². The highest BCUT2D eigenvalue weighted by Gasteiger charge is 2.36. The Balaban J connectivity index is 2.05. The number of ether oxygens (including phenoxy) is 1. The number of anilines is 1. The Labute approximate surface area is 152 Å². The van der Waals surface area contributed by atoms with Gasteiger partial charge in [-0.15, -0.1) is 0 Å². The van der Waals surface area contributed by atoms with Crippen LogP contribution in [0.3, 0.4) is 0 Å². The lowest BCUT2D eigenvalue weighted by atomic mass is 9.79. The summed E-state index contributed by atoms with van der Waals surface area (Å²) < 4.78 is 34.4. The summed E-state index contributed by atoms with van der Waals surface area (Å²) in [5.41, 5.74) is 5.44. The standard InChI is InChI=1S/C22H23F2NO/c1-11(2)20-19-14(15-8-13(23)9-16(24)21(15)26-20)6-7-17-18(19)12(3)10-22(4,5)25-17/h6-11,20,25H,1-5H3. The minimum absolute atomic E-state index is 0.139. The van der Waals surface area contributed by atoms with Crippen LogP contribution in [0.15, 0.2) is 30.3 Å².